The number of halogens is 1. The van der Waals surface area contributed by atoms with E-state index in [9.17, 15) is 23.3 Å². The molecule has 0 bridgehead atoms. The van der Waals surface area contributed by atoms with Crippen LogP contribution in [0.1, 0.15) is 24.8 Å². The minimum absolute atomic E-state index is 0. The van der Waals surface area contributed by atoms with Crippen LogP contribution in [0.4, 0.5) is 11.4 Å². The number of nitrogens with one attached hydrogen (secondary N) is 2. The Kier molecular flexibility index (Phi) is 9.86. The lowest BCUT2D eigenvalue weighted by atomic mass is 10.1. The minimum Gasteiger partial charge on any atom is -0.330 e. The second-order valence-electron chi connectivity index (χ2n) is 6.56. The number of nitrogens with two attached hydrogens (primary N) is 1. The first-order valence-electron chi connectivity index (χ1n) is 9.07. The number of sulfonamides is 1. The van der Waals surface area contributed by atoms with Crippen molar-refractivity contribution in [3.63, 3.8) is 0 Å². The van der Waals surface area contributed by atoms with Gasteiger partial charge in [-0.25, -0.2) is 8.42 Å². The van der Waals surface area contributed by atoms with E-state index in [1.807, 2.05) is 6.92 Å². The summed E-state index contributed by atoms with van der Waals surface area (Å²) in [6, 6.07) is 10.6. The molecule has 2 rings (SSSR count). The SMILES string of the molecule is Cc1ccc(S(=O)(=O)N[C@@H](CCCCN)C(=O)Nc2ccc([N+](=O)[O-])cc2)cc1.Cl. The quantitative estimate of drug-likeness (QED) is 0.285. The maximum absolute atomic E-state index is 12.7. The molecular formula is C19H25ClN4O5S. The van der Waals surface area contributed by atoms with Gasteiger partial charge in [0, 0.05) is 17.8 Å². The van der Waals surface area contributed by atoms with Crippen molar-refractivity contribution in [3.05, 3.63) is 64.2 Å². The largest absolute Gasteiger partial charge is 0.330 e. The molecule has 11 heteroatoms. The van der Waals surface area contributed by atoms with E-state index >= 15 is 0 Å². The van der Waals surface area contributed by atoms with Crippen LogP contribution in [0.15, 0.2) is 53.4 Å². The van der Waals surface area contributed by atoms with E-state index in [1.165, 1.54) is 36.4 Å². The standard InChI is InChI=1S/C19H24N4O5S.ClH/c1-14-5-11-17(12-6-14)29(27,28)22-18(4-2-3-13-20)19(24)21-15-7-9-16(10-8-15)23(25)26;/h5-12,18,22H,2-4,13,20H2,1H3,(H,21,24);1H/t18-;/m0./s1. The zero-order valence-electron chi connectivity index (χ0n) is 16.4. The van der Waals surface area contributed by atoms with Crippen molar-refractivity contribution in [2.45, 2.75) is 37.1 Å². The van der Waals surface area contributed by atoms with Gasteiger partial charge in [-0.15, -0.1) is 12.4 Å². The summed E-state index contributed by atoms with van der Waals surface area (Å²) in [5.74, 6) is -0.549. The van der Waals surface area contributed by atoms with Crippen LogP contribution in [0.25, 0.3) is 0 Å². The van der Waals surface area contributed by atoms with Gasteiger partial charge in [0.05, 0.1) is 9.82 Å². The molecule has 0 aliphatic carbocycles. The van der Waals surface area contributed by atoms with Gasteiger partial charge in [-0.1, -0.05) is 24.1 Å². The number of carbonyl (C=O) groups excluding carboxylic acids is 1. The third kappa shape index (κ3) is 7.38. The van der Waals surface area contributed by atoms with E-state index in [1.54, 1.807) is 12.1 Å². The molecule has 2 aromatic carbocycles. The number of benzene rings is 2. The summed E-state index contributed by atoms with van der Waals surface area (Å²) in [5.41, 5.74) is 6.63. The van der Waals surface area contributed by atoms with Gasteiger partial charge < -0.3 is 11.1 Å². The van der Waals surface area contributed by atoms with Gasteiger partial charge in [-0.3, -0.25) is 14.9 Å². The lowest BCUT2D eigenvalue weighted by molar-refractivity contribution is -0.384. The van der Waals surface area contributed by atoms with Gasteiger partial charge in [-0.05, 0) is 50.6 Å². The average molecular weight is 457 g/mol. The Morgan fingerprint density at radius 3 is 2.23 bits per heavy atom. The van der Waals surface area contributed by atoms with Gasteiger partial charge in [0.15, 0.2) is 0 Å². The Morgan fingerprint density at radius 2 is 1.70 bits per heavy atom. The number of amides is 1. The molecule has 2 aromatic rings. The van der Waals surface area contributed by atoms with Crippen molar-refractivity contribution in [1.29, 1.82) is 0 Å². The molecule has 0 aliphatic heterocycles. The highest BCUT2D eigenvalue weighted by Gasteiger charge is 2.25. The number of hydrogen-bond donors (Lipinski definition) is 3. The molecule has 0 aromatic heterocycles. The molecule has 0 saturated heterocycles. The molecule has 0 fully saturated rings. The topological polar surface area (TPSA) is 144 Å². The molecule has 9 nitrogen and oxygen atoms in total. The Balaban J connectivity index is 0.00000450. The third-order valence-electron chi connectivity index (χ3n) is 4.24. The minimum atomic E-state index is -3.90. The number of anilines is 1. The normalized spacial score (nSPS) is 11.9. The highest BCUT2D eigenvalue weighted by atomic mass is 35.5. The Hall–Kier alpha value is -2.53. The summed E-state index contributed by atoms with van der Waals surface area (Å²) in [6.45, 7) is 2.28. The van der Waals surface area contributed by atoms with Crippen LogP contribution in [0.3, 0.4) is 0 Å². The van der Waals surface area contributed by atoms with E-state index < -0.39 is 26.9 Å². The zero-order chi connectivity index (χ0) is 21.4. The highest BCUT2D eigenvalue weighted by molar-refractivity contribution is 7.89. The zero-order valence-corrected chi connectivity index (χ0v) is 18.0. The molecule has 0 heterocycles. The van der Waals surface area contributed by atoms with E-state index in [0.717, 1.165) is 5.56 Å². The van der Waals surface area contributed by atoms with Crippen molar-refractivity contribution in [2.24, 2.45) is 5.73 Å². The van der Waals surface area contributed by atoms with Crippen molar-refractivity contribution in [2.75, 3.05) is 11.9 Å². The summed E-state index contributed by atoms with van der Waals surface area (Å²) in [4.78, 5) is 22.9. The molecular weight excluding hydrogens is 432 g/mol. The molecule has 30 heavy (non-hydrogen) atoms. The third-order valence-corrected chi connectivity index (χ3v) is 5.73. The number of nitrogens with zero attached hydrogens (tertiary/aromatic N) is 1. The second kappa shape index (κ2) is 11.6. The monoisotopic (exact) mass is 456 g/mol. The Bertz CT molecular complexity index is 950. The Morgan fingerprint density at radius 1 is 1.10 bits per heavy atom. The van der Waals surface area contributed by atoms with Crippen molar-refractivity contribution < 1.29 is 18.1 Å². The average Bonchev–Trinajstić information content (AvgIpc) is 2.68. The summed E-state index contributed by atoms with van der Waals surface area (Å²) >= 11 is 0. The van der Waals surface area contributed by atoms with Gasteiger partial charge in [0.25, 0.3) is 5.69 Å². The number of carbonyl (C=O) groups is 1. The molecule has 164 valence electrons. The van der Waals surface area contributed by atoms with Crippen LogP contribution in [0, 0.1) is 17.0 Å². The van der Waals surface area contributed by atoms with Gasteiger partial charge in [0.1, 0.15) is 6.04 Å². The Labute approximate surface area is 181 Å². The van der Waals surface area contributed by atoms with Crippen LogP contribution in [0.5, 0.6) is 0 Å². The molecule has 0 unspecified atom stereocenters. The molecule has 4 N–H and O–H groups in total. The number of nitro benzene ring substituents is 1. The number of rotatable bonds is 10. The van der Waals surface area contributed by atoms with E-state index in [-0.39, 0.29) is 29.4 Å². The first-order chi connectivity index (χ1) is 13.7. The fraction of sp³-hybridized carbons (Fsp3) is 0.316. The van der Waals surface area contributed by atoms with E-state index in [4.69, 9.17) is 5.73 Å². The summed E-state index contributed by atoms with van der Waals surface area (Å²) in [5, 5.41) is 13.3. The van der Waals surface area contributed by atoms with Crippen molar-refractivity contribution in [1.82, 2.24) is 4.72 Å². The number of aryl methyl sites for hydroxylation is 1. The lowest BCUT2D eigenvalue weighted by Gasteiger charge is -2.18. The smallest absolute Gasteiger partial charge is 0.269 e. The summed E-state index contributed by atoms with van der Waals surface area (Å²) in [7, 11) is -3.90. The van der Waals surface area contributed by atoms with Crippen molar-refractivity contribution >= 4 is 39.7 Å². The molecule has 0 spiro atoms. The number of non-ortho nitro benzene ring substituents is 1. The van der Waals surface area contributed by atoms with E-state index in [0.29, 0.717) is 25.1 Å². The van der Waals surface area contributed by atoms with Crippen LogP contribution >= 0.6 is 12.4 Å². The fourth-order valence-corrected chi connectivity index (χ4v) is 3.83. The molecule has 0 aliphatic rings. The molecule has 1 atom stereocenters. The van der Waals surface area contributed by atoms with Crippen molar-refractivity contribution in [3.8, 4) is 0 Å². The molecule has 1 amide bonds. The second-order valence-corrected chi connectivity index (χ2v) is 8.28. The lowest BCUT2D eigenvalue weighted by Crippen LogP contribution is -2.43. The number of nitro groups is 1. The van der Waals surface area contributed by atoms with E-state index in [2.05, 4.69) is 10.0 Å². The predicted molar refractivity (Wildman–Crippen MR) is 117 cm³/mol. The van der Waals surface area contributed by atoms with Crippen LogP contribution in [0.2, 0.25) is 0 Å². The maximum Gasteiger partial charge on any atom is 0.269 e. The van der Waals surface area contributed by atoms with Crippen LogP contribution in [-0.4, -0.2) is 31.8 Å². The predicted octanol–water partition coefficient (Wildman–Crippen LogP) is 2.74. The van der Waals surface area contributed by atoms with Crippen LogP contribution < -0.4 is 15.8 Å². The number of unbranched alkanes of at least 4 members (excludes halogenated alkanes) is 1. The van der Waals surface area contributed by atoms with Gasteiger partial charge in [0.2, 0.25) is 15.9 Å². The summed E-state index contributed by atoms with van der Waals surface area (Å²) < 4.78 is 27.8. The van der Waals surface area contributed by atoms with Gasteiger partial charge in [-0.2, -0.15) is 4.72 Å². The molecule has 0 saturated carbocycles. The summed E-state index contributed by atoms with van der Waals surface area (Å²) in [6.07, 6.45) is 1.47. The van der Waals surface area contributed by atoms with Crippen LogP contribution in [-0.2, 0) is 14.8 Å². The molecule has 0 radical (unpaired) electrons. The first kappa shape index (κ1) is 25.5. The maximum atomic E-state index is 12.7. The highest BCUT2D eigenvalue weighted by Crippen LogP contribution is 2.17. The number of hydrogen-bond acceptors (Lipinski definition) is 6. The van der Waals surface area contributed by atoms with Gasteiger partial charge >= 0.3 is 0 Å². The fourth-order valence-electron chi connectivity index (χ4n) is 2.60. The first-order valence-corrected chi connectivity index (χ1v) is 10.6.